The summed E-state index contributed by atoms with van der Waals surface area (Å²) >= 11 is 0. The third-order valence-corrected chi connectivity index (χ3v) is 4.40. The summed E-state index contributed by atoms with van der Waals surface area (Å²) in [5.74, 6) is 0.635. The highest BCUT2D eigenvalue weighted by molar-refractivity contribution is 5.21. The Hall–Kier alpha value is -0.820. The van der Waals surface area contributed by atoms with Crippen LogP contribution in [0.25, 0.3) is 0 Å². The molecular formula is C19H30O. The van der Waals surface area contributed by atoms with Crippen LogP contribution in [0.15, 0.2) is 30.3 Å². The minimum absolute atomic E-state index is 0.502. The molecule has 1 heteroatoms. The van der Waals surface area contributed by atoms with E-state index in [-0.39, 0.29) is 0 Å². The summed E-state index contributed by atoms with van der Waals surface area (Å²) in [4.78, 5) is 0. The van der Waals surface area contributed by atoms with Gasteiger partial charge in [-0.2, -0.15) is 0 Å². The summed E-state index contributed by atoms with van der Waals surface area (Å²) in [6.07, 6.45) is 13.0. The summed E-state index contributed by atoms with van der Waals surface area (Å²) in [6, 6.07) is 10.9. The van der Waals surface area contributed by atoms with Crippen molar-refractivity contribution < 1.29 is 4.74 Å². The highest BCUT2D eigenvalue weighted by Gasteiger charge is 2.33. The number of unbranched alkanes of at least 4 members (excludes halogenated alkanes) is 7. The van der Waals surface area contributed by atoms with E-state index in [2.05, 4.69) is 37.3 Å². The minimum Gasteiger partial charge on any atom is -0.372 e. The Bertz CT molecular complexity index is 342. The van der Waals surface area contributed by atoms with Gasteiger partial charge in [0.2, 0.25) is 0 Å². The van der Waals surface area contributed by atoms with Gasteiger partial charge in [-0.15, -0.1) is 0 Å². The van der Waals surface area contributed by atoms with E-state index >= 15 is 0 Å². The molecule has 1 saturated heterocycles. The van der Waals surface area contributed by atoms with Gasteiger partial charge in [0.15, 0.2) is 0 Å². The highest BCUT2D eigenvalue weighted by Crippen LogP contribution is 2.34. The van der Waals surface area contributed by atoms with Crippen molar-refractivity contribution in [1.29, 1.82) is 0 Å². The van der Waals surface area contributed by atoms with E-state index in [9.17, 15) is 0 Å². The molecule has 2 unspecified atom stereocenters. The maximum absolute atomic E-state index is 5.55. The van der Waals surface area contributed by atoms with Gasteiger partial charge in [-0.25, -0.2) is 0 Å². The molecule has 0 saturated carbocycles. The molecule has 1 nitrogen and oxygen atoms in total. The average molecular weight is 274 g/mol. The van der Waals surface area contributed by atoms with Crippen molar-refractivity contribution in [3.8, 4) is 0 Å². The Morgan fingerprint density at radius 2 is 1.55 bits per heavy atom. The molecule has 112 valence electrons. The number of epoxide rings is 1. The minimum atomic E-state index is 0.502. The standard InChI is InChI=1S/C19H30O/c1-2-3-4-5-6-7-8-12-15-18(19-16-20-19)17-13-10-9-11-14-17/h9-11,13-14,18-19H,2-8,12,15-16H2,1H3. The van der Waals surface area contributed by atoms with E-state index in [1.807, 2.05) is 0 Å². The van der Waals surface area contributed by atoms with Crippen molar-refractivity contribution in [3.05, 3.63) is 35.9 Å². The van der Waals surface area contributed by atoms with Crippen molar-refractivity contribution in [1.82, 2.24) is 0 Å². The van der Waals surface area contributed by atoms with Gasteiger partial charge in [-0.05, 0) is 12.0 Å². The van der Waals surface area contributed by atoms with Crippen LogP contribution in [0.4, 0.5) is 0 Å². The normalized spacial score (nSPS) is 18.9. The predicted molar refractivity (Wildman–Crippen MR) is 86.2 cm³/mol. The van der Waals surface area contributed by atoms with Gasteiger partial charge < -0.3 is 4.74 Å². The maximum Gasteiger partial charge on any atom is 0.0878 e. The van der Waals surface area contributed by atoms with Gasteiger partial charge in [0.05, 0.1) is 12.7 Å². The maximum atomic E-state index is 5.55. The molecule has 1 fully saturated rings. The zero-order valence-corrected chi connectivity index (χ0v) is 13.0. The van der Waals surface area contributed by atoms with Crippen LogP contribution in [-0.2, 0) is 4.74 Å². The largest absolute Gasteiger partial charge is 0.372 e. The van der Waals surface area contributed by atoms with E-state index in [1.165, 1.54) is 63.4 Å². The van der Waals surface area contributed by atoms with Crippen molar-refractivity contribution in [3.63, 3.8) is 0 Å². The summed E-state index contributed by atoms with van der Waals surface area (Å²) in [5, 5.41) is 0. The van der Waals surface area contributed by atoms with E-state index in [0.29, 0.717) is 12.0 Å². The quantitative estimate of drug-likeness (QED) is 0.372. The molecule has 2 atom stereocenters. The molecule has 0 bridgehead atoms. The number of hydrogen-bond donors (Lipinski definition) is 0. The molecule has 1 aliphatic heterocycles. The van der Waals surface area contributed by atoms with Gasteiger partial charge in [0.1, 0.15) is 0 Å². The SMILES string of the molecule is CCCCCCCCCCC(c1ccccc1)C1CO1. The lowest BCUT2D eigenvalue weighted by Crippen LogP contribution is -2.06. The first-order valence-electron chi connectivity index (χ1n) is 8.58. The third-order valence-electron chi connectivity index (χ3n) is 4.40. The van der Waals surface area contributed by atoms with E-state index in [4.69, 9.17) is 4.74 Å². The molecule has 0 radical (unpaired) electrons. The van der Waals surface area contributed by atoms with Crippen LogP contribution in [0.1, 0.15) is 76.2 Å². The molecule has 1 heterocycles. The third kappa shape index (κ3) is 5.66. The first-order valence-corrected chi connectivity index (χ1v) is 8.58. The Morgan fingerprint density at radius 3 is 2.15 bits per heavy atom. The second-order valence-electron chi connectivity index (χ2n) is 6.15. The molecule has 0 N–H and O–H groups in total. The van der Waals surface area contributed by atoms with Crippen LogP contribution in [0.2, 0.25) is 0 Å². The van der Waals surface area contributed by atoms with Crippen LogP contribution in [-0.4, -0.2) is 12.7 Å². The van der Waals surface area contributed by atoms with Crippen LogP contribution in [0.5, 0.6) is 0 Å². The van der Waals surface area contributed by atoms with Crippen LogP contribution in [0.3, 0.4) is 0 Å². The fourth-order valence-corrected chi connectivity index (χ4v) is 3.05. The summed E-state index contributed by atoms with van der Waals surface area (Å²) in [6.45, 7) is 3.25. The summed E-state index contributed by atoms with van der Waals surface area (Å²) in [5.41, 5.74) is 1.47. The lowest BCUT2D eigenvalue weighted by Gasteiger charge is -2.14. The van der Waals surface area contributed by atoms with Crippen LogP contribution < -0.4 is 0 Å². The van der Waals surface area contributed by atoms with Gasteiger partial charge in [0.25, 0.3) is 0 Å². The van der Waals surface area contributed by atoms with Crippen molar-refractivity contribution in [2.75, 3.05) is 6.61 Å². The molecule has 0 amide bonds. The fraction of sp³-hybridized carbons (Fsp3) is 0.684. The second-order valence-corrected chi connectivity index (χ2v) is 6.15. The smallest absolute Gasteiger partial charge is 0.0878 e. The predicted octanol–water partition coefficient (Wildman–Crippen LogP) is 5.70. The van der Waals surface area contributed by atoms with Gasteiger partial charge in [-0.3, -0.25) is 0 Å². The Kier molecular flexibility index (Phi) is 7.14. The Balaban J connectivity index is 1.59. The molecule has 1 aromatic rings. The Labute approximate surface area is 124 Å². The van der Waals surface area contributed by atoms with Gasteiger partial charge >= 0.3 is 0 Å². The molecule has 0 aliphatic carbocycles. The van der Waals surface area contributed by atoms with E-state index in [1.54, 1.807) is 0 Å². The van der Waals surface area contributed by atoms with Crippen molar-refractivity contribution >= 4 is 0 Å². The van der Waals surface area contributed by atoms with E-state index in [0.717, 1.165) is 6.61 Å². The lowest BCUT2D eigenvalue weighted by atomic mass is 9.90. The molecule has 1 aliphatic rings. The number of ether oxygens (including phenoxy) is 1. The van der Waals surface area contributed by atoms with Crippen molar-refractivity contribution in [2.45, 2.75) is 76.7 Å². The monoisotopic (exact) mass is 274 g/mol. The first kappa shape index (κ1) is 15.6. The molecule has 0 aromatic heterocycles. The first-order chi connectivity index (χ1) is 9.92. The molecule has 0 spiro atoms. The molecule has 1 aromatic carbocycles. The highest BCUT2D eigenvalue weighted by atomic mass is 16.6. The van der Waals surface area contributed by atoms with E-state index < -0.39 is 0 Å². The molecule has 2 rings (SSSR count). The average Bonchev–Trinajstić information content (AvgIpc) is 3.31. The number of hydrogen-bond acceptors (Lipinski definition) is 1. The fourth-order valence-electron chi connectivity index (χ4n) is 3.05. The number of benzene rings is 1. The van der Waals surface area contributed by atoms with Crippen LogP contribution >= 0.6 is 0 Å². The topological polar surface area (TPSA) is 12.5 Å². The van der Waals surface area contributed by atoms with Gasteiger partial charge in [-0.1, -0.05) is 88.6 Å². The Morgan fingerprint density at radius 1 is 0.950 bits per heavy atom. The zero-order chi connectivity index (χ0) is 14.0. The van der Waals surface area contributed by atoms with Crippen molar-refractivity contribution in [2.24, 2.45) is 0 Å². The van der Waals surface area contributed by atoms with Crippen LogP contribution in [0, 0.1) is 0 Å². The second kappa shape index (κ2) is 9.18. The molecular weight excluding hydrogens is 244 g/mol. The zero-order valence-electron chi connectivity index (χ0n) is 13.0. The molecule has 20 heavy (non-hydrogen) atoms. The number of rotatable bonds is 11. The van der Waals surface area contributed by atoms with Gasteiger partial charge in [0, 0.05) is 5.92 Å². The lowest BCUT2D eigenvalue weighted by molar-refractivity contribution is 0.359. The summed E-state index contributed by atoms with van der Waals surface area (Å²) < 4.78 is 5.55. The summed E-state index contributed by atoms with van der Waals surface area (Å²) in [7, 11) is 0.